The van der Waals surface area contributed by atoms with E-state index in [9.17, 15) is 0 Å². The van der Waals surface area contributed by atoms with Crippen molar-refractivity contribution in [1.82, 2.24) is 0 Å². The van der Waals surface area contributed by atoms with Gasteiger partial charge in [0.05, 0.1) is 5.41 Å². The minimum atomic E-state index is -0.532. The lowest BCUT2D eigenvalue weighted by Gasteiger charge is -2.37. The highest BCUT2D eigenvalue weighted by Gasteiger charge is 2.38. The van der Waals surface area contributed by atoms with E-state index in [1.807, 2.05) is 0 Å². The third kappa shape index (κ3) is 7.61. The topological polar surface area (TPSA) is 0 Å². The highest BCUT2D eigenvalue weighted by Crippen LogP contribution is 2.50. The molecule has 0 aliphatic heterocycles. The summed E-state index contributed by atoms with van der Waals surface area (Å²) < 4.78 is 0. The molecule has 0 amide bonds. The molecule has 0 heteroatoms. The van der Waals surface area contributed by atoms with Crippen molar-refractivity contribution in [2.24, 2.45) is 0 Å². The number of hydrogen-bond donors (Lipinski definition) is 0. The van der Waals surface area contributed by atoms with Gasteiger partial charge in [-0.2, -0.15) is 0 Å². The average Bonchev–Trinajstić information content (AvgIpc) is 3.50. The SMILES string of the molecule is c1ccc(-c2cc3ccccc3cc2-c2ccc3c(c2)c(-c2ccc4ccccc4c2)c(-c2ccc4ccccc4c2)c2cc(-c4ccc(C(c5ccccc5)(c5ccccc5)c5ccccc5)cc4)ccc23)cc1. The predicted molar refractivity (Wildman–Crippen MR) is 319 cm³/mol. The maximum atomic E-state index is 2.48. The lowest BCUT2D eigenvalue weighted by atomic mass is 9.65. The summed E-state index contributed by atoms with van der Waals surface area (Å²) in [5.41, 5.74) is 16.4. The van der Waals surface area contributed by atoms with Crippen LogP contribution in [0, 0.1) is 0 Å². The fourth-order valence-corrected chi connectivity index (χ4v) is 12.2. The molecular weight excluding hydrogens is 901 g/mol. The van der Waals surface area contributed by atoms with Crippen LogP contribution in [-0.2, 0) is 5.41 Å². The second-order valence-electron chi connectivity index (χ2n) is 19.9. The van der Waals surface area contributed by atoms with Crippen LogP contribution >= 0.6 is 0 Å². The first-order valence-corrected chi connectivity index (χ1v) is 26.1. The quantitative estimate of drug-likeness (QED) is 0.0999. The standard InChI is InChI=1S/C75H50/c1-5-21-54(22-6-1)69-47-57-25-17-18-26-58(57)48-70(69)60-40-44-68-67-43-39-59(53-37-41-66(42-38-53)75(63-27-7-2-8-28-63,64-29-9-3-10-30-64)65-31-11-4-12-32-65)49-71(67)73(61-35-33-51-19-13-15-23-55(51)45-61)74(72(68)50-60)62-36-34-52-20-14-16-24-56(52)46-62/h1-50H. The zero-order valence-electron chi connectivity index (χ0n) is 41.4. The van der Waals surface area contributed by atoms with Crippen molar-refractivity contribution in [1.29, 1.82) is 0 Å². The van der Waals surface area contributed by atoms with Gasteiger partial charge in [-0.3, -0.25) is 0 Å². The third-order valence-electron chi connectivity index (χ3n) is 15.7. The van der Waals surface area contributed by atoms with Gasteiger partial charge in [-0.15, -0.1) is 0 Å². The lowest BCUT2D eigenvalue weighted by Crippen LogP contribution is -2.30. The smallest absolute Gasteiger partial charge is 0.0622 e. The lowest BCUT2D eigenvalue weighted by molar-refractivity contribution is 0.745. The minimum absolute atomic E-state index is 0.532. The Bertz CT molecular complexity index is 4320. The van der Waals surface area contributed by atoms with Gasteiger partial charge in [0.2, 0.25) is 0 Å². The van der Waals surface area contributed by atoms with Crippen LogP contribution in [0.4, 0.5) is 0 Å². The van der Waals surface area contributed by atoms with Crippen molar-refractivity contribution in [3.63, 3.8) is 0 Å². The molecule has 0 N–H and O–H groups in total. The van der Waals surface area contributed by atoms with Gasteiger partial charge >= 0.3 is 0 Å². The Morgan fingerprint density at radius 1 is 0.173 bits per heavy atom. The Morgan fingerprint density at radius 2 is 0.507 bits per heavy atom. The maximum Gasteiger partial charge on any atom is 0.0701 e. The number of hydrogen-bond acceptors (Lipinski definition) is 0. The molecule has 0 bridgehead atoms. The Balaban J connectivity index is 1.04. The van der Waals surface area contributed by atoms with Crippen LogP contribution in [0.3, 0.4) is 0 Å². The first-order valence-electron chi connectivity index (χ1n) is 26.1. The van der Waals surface area contributed by atoms with Crippen molar-refractivity contribution < 1.29 is 0 Å². The fourth-order valence-electron chi connectivity index (χ4n) is 12.2. The Hall–Kier alpha value is -9.62. The van der Waals surface area contributed by atoms with Crippen molar-refractivity contribution in [2.45, 2.75) is 5.41 Å². The number of rotatable bonds is 9. The van der Waals surface area contributed by atoms with E-state index in [4.69, 9.17) is 0 Å². The number of fused-ring (bicyclic) bond motifs is 6. The second-order valence-corrected chi connectivity index (χ2v) is 19.9. The summed E-state index contributed by atoms with van der Waals surface area (Å²) in [6, 6.07) is 113. The summed E-state index contributed by atoms with van der Waals surface area (Å²) in [4.78, 5) is 0. The van der Waals surface area contributed by atoms with Crippen LogP contribution in [0.1, 0.15) is 22.3 Å². The molecule has 14 rings (SSSR count). The Morgan fingerprint density at radius 3 is 0.973 bits per heavy atom. The largest absolute Gasteiger partial charge is 0.0701 e. The van der Waals surface area contributed by atoms with Crippen LogP contribution < -0.4 is 0 Å². The van der Waals surface area contributed by atoms with Crippen LogP contribution in [0.2, 0.25) is 0 Å². The van der Waals surface area contributed by atoms with Gasteiger partial charge in [0.15, 0.2) is 0 Å². The minimum Gasteiger partial charge on any atom is -0.0622 e. The van der Waals surface area contributed by atoms with Gasteiger partial charge in [-0.1, -0.05) is 267 Å². The summed E-state index contributed by atoms with van der Waals surface area (Å²) >= 11 is 0. The summed E-state index contributed by atoms with van der Waals surface area (Å²) in [7, 11) is 0. The van der Waals surface area contributed by atoms with E-state index >= 15 is 0 Å². The van der Waals surface area contributed by atoms with Crippen molar-refractivity contribution in [3.8, 4) is 55.6 Å². The average molecular weight is 951 g/mol. The molecule has 14 aromatic carbocycles. The molecular formula is C75H50. The number of benzene rings is 14. The van der Waals surface area contributed by atoms with Gasteiger partial charge in [0, 0.05) is 0 Å². The molecule has 0 heterocycles. The van der Waals surface area contributed by atoms with Crippen molar-refractivity contribution in [3.05, 3.63) is 326 Å². The van der Waals surface area contributed by atoms with E-state index in [1.54, 1.807) is 0 Å². The first-order chi connectivity index (χ1) is 37.2. The molecule has 0 aliphatic rings. The van der Waals surface area contributed by atoms with E-state index in [1.165, 1.54) is 132 Å². The molecule has 0 aromatic heterocycles. The van der Waals surface area contributed by atoms with E-state index in [-0.39, 0.29) is 0 Å². The summed E-state index contributed by atoms with van der Waals surface area (Å²) in [5.74, 6) is 0. The molecule has 75 heavy (non-hydrogen) atoms. The van der Waals surface area contributed by atoms with Crippen LogP contribution in [0.15, 0.2) is 303 Å². The fraction of sp³-hybridized carbons (Fsp3) is 0.0133. The highest BCUT2D eigenvalue weighted by molar-refractivity contribution is 6.23. The van der Waals surface area contributed by atoms with Crippen LogP contribution in [0.25, 0.3) is 109 Å². The molecule has 0 fully saturated rings. The molecule has 0 unspecified atom stereocenters. The van der Waals surface area contributed by atoms with E-state index in [0.717, 1.165) is 0 Å². The van der Waals surface area contributed by atoms with E-state index in [2.05, 4.69) is 303 Å². The van der Waals surface area contributed by atoms with Gasteiger partial charge in [0.1, 0.15) is 0 Å². The van der Waals surface area contributed by atoms with Crippen LogP contribution in [0.5, 0.6) is 0 Å². The normalized spacial score (nSPS) is 11.7. The highest BCUT2D eigenvalue weighted by atomic mass is 14.4. The predicted octanol–water partition coefficient (Wildman–Crippen LogP) is 20.2. The van der Waals surface area contributed by atoms with Crippen LogP contribution in [-0.4, -0.2) is 0 Å². The van der Waals surface area contributed by atoms with Crippen molar-refractivity contribution >= 4 is 53.9 Å². The Kier molecular flexibility index (Phi) is 10.9. The van der Waals surface area contributed by atoms with E-state index in [0.29, 0.717) is 0 Å². The third-order valence-corrected chi connectivity index (χ3v) is 15.7. The maximum absolute atomic E-state index is 2.48. The molecule has 0 aliphatic carbocycles. The summed E-state index contributed by atoms with van der Waals surface area (Å²) in [5, 5.41) is 12.2. The van der Waals surface area contributed by atoms with Gasteiger partial charge in [-0.25, -0.2) is 0 Å². The summed E-state index contributed by atoms with van der Waals surface area (Å²) in [6.07, 6.45) is 0. The molecule has 0 saturated heterocycles. The van der Waals surface area contributed by atoms with Crippen molar-refractivity contribution in [2.75, 3.05) is 0 Å². The molecule has 0 spiro atoms. The Labute approximate surface area is 438 Å². The van der Waals surface area contributed by atoms with Gasteiger partial charge in [-0.05, 0) is 168 Å². The molecule has 14 aromatic rings. The van der Waals surface area contributed by atoms with E-state index < -0.39 is 5.41 Å². The molecule has 0 atom stereocenters. The van der Waals surface area contributed by atoms with Gasteiger partial charge < -0.3 is 0 Å². The second kappa shape index (κ2) is 18.5. The monoisotopic (exact) mass is 950 g/mol. The summed E-state index contributed by atoms with van der Waals surface area (Å²) in [6.45, 7) is 0. The molecule has 0 nitrogen and oxygen atoms in total. The molecule has 0 radical (unpaired) electrons. The zero-order chi connectivity index (χ0) is 49.7. The first kappa shape index (κ1) is 44.1. The molecule has 350 valence electrons. The zero-order valence-corrected chi connectivity index (χ0v) is 41.4. The van der Waals surface area contributed by atoms with Gasteiger partial charge in [0.25, 0.3) is 0 Å². The molecule has 0 saturated carbocycles.